The minimum atomic E-state index is -3.81. The van der Waals surface area contributed by atoms with E-state index in [-0.39, 0.29) is 15.6 Å². The quantitative estimate of drug-likeness (QED) is 0.910. The van der Waals surface area contributed by atoms with Crippen molar-refractivity contribution in [2.75, 3.05) is 17.1 Å². The SMILES string of the molecule is CNc1ccc(S(=O)(=O)Nc2cc(F)ccc2Cl)cc1. The van der Waals surface area contributed by atoms with Crippen molar-refractivity contribution in [2.45, 2.75) is 4.90 Å². The minimum absolute atomic E-state index is 0.00404. The van der Waals surface area contributed by atoms with Gasteiger partial charge in [-0.3, -0.25) is 4.72 Å². The lowest BCUT2D eigenvalue weighted by Gasteiger charge is -2.10. The molecule has 0 heterocycles. The molecule has 106 valence electrons. The first-order valence-corrected chi connectivity index (χ1v) is 7.54. The summed E-state index contributed by atoms with van der Waals surface area (Å²) in [6.07, 6.45) is 0. The molecule has 0 aliphatic carbocycles. The Balaban J connectivity index is 2.32. The van der Waals surface area contributed by atoms with E-state index in [1.807, 2.05) is 0 Å². The molecule has 0 fully saturated rings. The van der Waals surface area contributed by atoms with Crippen molar-refractivity contribution in [3.8, 4) is 0 Å². The Labute approximate surface area is 121 Å². The summed E-state index contributed by atoms with van der Waals surface area (Å²) in [4.78, 5) is 0.0665. The van der Waals surface area contributed by atoms with Crippen LogP contribution in [0.2, 0.25) is 5.02 Å². The van der Waals surface area contributed by atoms with Gasteiger partial charge >= 0.3 is 0 Å². The first kappa shape index (κ1) is 14.6. The third-order valence-corrected chi connectivity index (χ3v) is 4.34. The molecule has 2 N–H and O–H groups in total. The fraction of sp³-hybridized carbons (Fsp3) is 0.0769. The Kier molecular flexibility index (Phi) is 4.15. The van der Waals surface area contributed by atoms with E-state index in [0.29, 0.717) is 0 Å². The zero-order valence-corrected chi connectivity index (χ0v) is 12.1. The molecule has 0 aromatic heterocycles. The first-order chi connectivity index (χ1) is 9.42. The smallest absolute Gasteiger partial charge is 0.261 e. The lowest BCUT2D eigenvalue weighted by Crippen LogP contribution is -2.13. The molecule has 0 spiro atoms. The fourth-order valence-electron chi connectivity index (χ4n) is 1.58. The lowest BCUT2D eigenvalue weighted by molar-refractivity contribution is 0.601. The highest BCUT2D eigenvalue weighted by Crippen LogP contribution is 2.25. The second kappa shape index (κ2) is 5.68. The molecule has 7 heteroatoms. The molecule has 2 rings (SSSR count). The molecule has 0 unspecified atom stereocenters. The first-order valence-electron chi connectivity index (χ1n) is 5.68. The number of benzene rings is 2. The van der Waals surface area contributed by atoms with Gasteiger partial charge in [0.2, 0.25) is 0 Å². The number of hydrogen-bond acceptors (Lipinski definition) is 3. The summed E-state index contributed by atoms with van der Waals surface area (Å²) in [6.45, 7) is 0. The third-order valence-electron chi connectivity index (χ3n) is 2.63. The maximum Gasteiger partial charge on any atom is 0.261 e. The van der Waals surface area contributed by atoms with Gasteiger partial charge in [-0.1, -0.05) is 11.6 Å². The molecule has 0 atom stereocenters. The van der Waals surface area contributed by atoms with Crippen LogP contribution in [-0.4, -0.2) is 15.5 Å². The van der Waals surface area contributed by atoms with Crippen molar-refractivity contribution < 1.29 is 12.8 Å². The minimum Gasteiger partial charge on any atom is -0.388 e. The molecular weight excluding hydrogens is 303 g/mol. The maximum atomic E-state index is 13.1. The van der Waals surface area contributed by atoms with E-state index in [9.17, 15) is 12.8 Å². The highest BCUT2D eigenvalue weighted by molar-refractivity contribution is 7.92. The molecule has 0 aliphatic heterocycles. The Hall–Kier alpha value is -1.79. The Morgan fingerprint density at radius 3 is 2.35 bits per heavy atom. The summed E-state index contributed by atoms with van der Waals surface area (Å²) >= 11 is 5.83. The summed E-state index contributed by atoms with van der Waals surface area (Å²) in [6, 6.07) is 9.62. The van der Waals surface area contributed by atoms with E-state index in [1.54, 1.807) is 19.2 Å². The van der Waals surface area contributed by atoms with Crippen LogP contribution in [-0.2, 0) is 10.0 Å². The van der Waals surface area contributed by atoms with Gasteiger partial charge in [-0.15, -0.1) is 0 Å². The Bertz CT molecular complexity index is 718. The van der Waals surface area contributed by atoms with Gasteiger partial charge in [0.25, 0.3) is 10.0 Å². The normalized spacial score (nSPS) is 11.2. The van der Waals surface area contributed by atoms with Gasteiger partial charge in [0, 0.05) is 12.7 Å². The van der Waals surface area contributed by atoms with Crippen LogP contribution < -0.4 is 10.0 Å². The van der Waals surface area contributed by atoms with Crippen LogP contribution >= 0.6 is 11.6 Å². The number of halogens is 2. The molecule has 0 saturated heterocycles. The van der Waals surface area contributed by atoms with Crippen molar-refractivity contribution >= 4 is 33.0 Å². The molecule has 0 radical (unpaired) electrons. The van der Waals surface area contributed by atoms with Crippen LogP contribution in [0.25, 0.3) is 0 Å². The highest BCUT2D eigenvalue weighted by atomic mass is 35.5. The number of anilines is 2. The molecule has 0 amide bonds. The summed E-state index contributed by atoms with van der Waals surface area (Å²) in [5.74, 6) is -0.572. The van der Waals surface area contributed by atoms with E-state index in [0.717, 1.165) is 17.8 Å². The van der Waals surface area contributed by atoms with Crippen LogP contribution in [0.15, 0.2) is 47.4 Å². The molecule has 20 heavy (non-hydrogen) atoms. The van der Waals surface area contributed by atoms with Gasteiger partial charge in [-0.05, 0) is 42.5 Å². The third kappa shape index (κ3) is 3.20. The topological polar surface area (TPSA) is 58.2 Å². The van der Waals surface area contributed by atoms with Crippen molar-refractivity contribution in [3.63, 3.8) is 0 Å². The summed E-state index contributed by atoms with van der Waals surface area (Å²) in [5, 5.41) is 3.01. The number of nitrogens with one attached hydrogen (secondary N) is 2. The van der Waals surface area contributed by atoms with Gasteiger partial charge in [0.15, 0.2) is 0 Å². The largest absolute Gasteiger partial charge is 0.388 e. The average molecular weight is 315 g/mol. The molecule has 0 saturated carbocycles. The number of rotatable bonds is 4. The Morgan fingerprint density at radius 2 is 1.75 bits per heavy atom. The van der Waals surface area contributed by atoms with Gasteiger partial charge in [0.1, 0.15) is 5.82 Å². The van der Waals surface area contributed by atoms with E-state index in [1.165, 1.54) is 18.2 Å². The van der Waals surface area contributed by atoms with Gasteiger partial charge in [-0.25, -0.2) is 12.8 Å². The monoisotopic (exact) mass is 314 g/mol. The molecule has 2 aromatic carbocycles. The molecule has 2 aromatic rings. The van der Waals surface area contributed by atoms with Crippen molar-refractivity contribution in [1.82, 2.24) is 0 Å². The predicted molar refractivity (Wildman–Crippen MR) is 78.2 cm³/mol. The van der Waals surface area contributed by atoms with E-state index in [2.05, 4.69) is 10.0 Å². The van der Waals surface area contributed by atoms with Gasteiger partial charge in [0.05, 0.1) is 15.6 Å². The second-order valence-electron chi connectivity index (χ2n) is 4.00. The standard InChI is InChI=1S/C13H12ClFN2O2S/c1-16-10-3-5-11(6-4-10)20(18,19)17-13-8-9(15)2-7-12(13)14/h2-8,16-17H,1H3. The molecule has 0 bridgehead atoms. The average Bonchev–Trinajstić information content (AvgIpc) is 2.43. The summed E-state index contributed by atoms with van der Waals surface area (Å²) in [5.41, 5.74) is 0.789. The summed E-state index contributed by atoms with van der Waals surface area (Å²) in [7, 11) is -2.08. The van der Waals surface area contributed by atoms with Crippen molar-refractivity contribution in [2.24, 2.45) is 0 Å². The van der Waals surface area contributed by atoms with E-state index in [4.69, 9.17) is 11.6 Å². The van der Waals surface area contributed by atoms with Crippen molar-refractivity contribution in [3.05, 3.63) is 53.3 Å². The second-order valence-corrected chi connectivity index (χ2v) is 6.09. The lowest BCUT2D eigenvalue weighted by atomic mass is 10.3. The van der Waals surface area contributed by atoms with Crippen LogP contribution in [0.1, 0.15) is 0 Å². The maximum absolute atomic E-state index is 13.1. The predicted octanol–water partition coefficient (Wildman–Crippen LogP) is 3.32. The zero-order valence-electron chi connectivity index (χ0n) is 10.5. The molecular formula is C13H12ClFN2O2S. The van der Waals surface area contributed by atoms with Crippen LogP contribution in [0.5, 0.6) is 0 Å². The number of sulfonamides is 1. The van der Waals surface area contributed by atoms with Crippen LogP contribution in [0.4, 0.5) is 15.8 Å². The van der Waals surface area contributed by atoms with Crippen LogP contribution in [0, 0.1) is 5.82 Å². The fourth-order valence-corrected chi connectivity index (χ4v) is 2.87. The molecule has 4 nitrogen and oxygen atoms in total. The van der Waals surface area contributed by atoms with E-state index < -0.39 is 15.8 Å². The number of hydrogen-bond donors (Lipinski definition) is 2. The van der Waals surface area contributed by atoms with Crippen molar-refractivity contribution in [1.29, 1.82) is 0 Å². The highest BCUT2D eigenvalue weighted by Gasteiger charge is 2.16. The van der Waals surface area contributed by atoms with Gasteiger partial charge < -0.3 is 5.32 Å². The summed E-state index contributed by atoms with van der Waals surface area (Å²) < 4.78 is 39.7. The van der Waals surface area contributed by atoms with Crippen LogP contribution in [0.3, 0.4) is 0 Å². The zero-order chi connectivity index (χ0) is 14.8. The van der Waals surface area contributed by atoms with Gasteiger partial charge in [-0.2, -0.15) is 0 Å². The Morgan fingerprint density at radius 1 is 1.10 bits per heavy atom. The molecule has 0 aliphatic rings. The van der Waals surface area contributed by atoms with E-state index >= 15 is 0 Å².